The van der Waals surface area contributed by atoms with E-state index in [0.717, 1.165) is 9.37 Å². The zero-order valence-electron chi connectivity index (χ0n) is 11.7. The van der Waals surface area contributed by atoms with Gasteiger partial charge in [0.1, 0.15) is 0 Å². The monoisotopic (exact) mass is 370 g/mol. The van der Waals surface area contributed by atoms with Gasteiger partial charge in [0.15, 0.2) is 6.54 Å². The van der Waals surface area contributed by atoms with Crippen LogP contribution in [0, 0.1) is 0 Å². The lowest BCUT2D eigenvalue weighted by atomic mass is 10.3. The van der Waals surface area contributed by atoms with Crippen LogP contribution in [0.2, 0.25) is 0 Å². The summed E-state index contributed by atoms with van der Waals surface area (Å²) in [5.74, 6) is -3.34. The molecule has 22 heavy (non-hydrogen) atoms. The number of quaternary nitrogens is 1. The normalized spacial score (nSPS) is 21.5. The van der Waals surface area contributed by atoms with E-state index in [-0.39, 0.29) is 13.1 Å². The maximum absolute atomic E-state index is 12.4. The van der Waals surface area contributed by atoms with Crippen molar-refractivity contribution >= 4 is 39.7 Å². The van der Waals surface area contributed by atoms with Crippen molar-refractivity contribution in [3.63, 3.8) is 0 Å². The number of likely N-dealkylation sites (N-methyl/N-ethyl adjacent to an activating group) is 1. The number of urea groups is 1. The number of rotatable bonds is 5. The van der Waals surface area contributed by atoms with E-state index in [1.165, 1.54) is 13.1 Å². The predicted octanol–water partition coefficient (Wildman–Crippen LogP) is 0.754. The highest BCUT2D eigenvalue weighted by Crippen LogP contribution is 2.24. The van der Waals surface area contributed by atoms with Gasteiger partial charge in [-0.15, -0.1) is 0 Å². The van der Waals surface area contributed by atoms with Crippen molar-refractivity contribution in [2.45, 2.75) is 13.5 Å². The molecule has 0 spiro atoms. The Morgan fingerprint density at radius 3 is 2.55 bits per heavy atom. The molecule has 8 nitrogen and oxygen atoms in total. The molecule has 0 bridgehead atoms. The number of imide groups is 2. The van der Waals surface area contributed by atoms with E-state index >= 15 is 0 Å². The zero-order valence-corrected chi connectivity index (χ0v) is 13.2. The molecule has 1 N–H and O–H groups in total. The first-order chi connectivity index (χ1) is 10.3. The lowest BCUT2D eigenvalue weighted by molar-refractivity contribution is -0.758. The van der Waals surface area contributed by atoms with Gasteiger partial charge in [0.05, 0.1) is 18.8 Å². The number of aliphatic carboxylic acids is 1. The summed E-state index contributed by atoms with van der Waals surface area (Å²) in [5, 5.41) is 8.93. The van der Waals surface area contributed by atoms with Gasteiger partial charge in [-0.25, -0.2) is 19.3 Å². The van der Waals surface area contributed by atoms with Gasteiger partial charge in [-0.1, -0.05) is 0 Å². The van der Waals surface area contributed by atoms with Crippen LogP contribution in [0.5, 0.6) is 0 Å². The van der Waals surface area contributed by atoms with Crippen LogP contribution in [-0.2, 0) is 20.9 Å². The largest absolute Gasteiger partial charge is 0.477 e. The van der Waals surface area contributed by atoms with E-state index in [2.05, 4.69) is 20.9 Å². The number of carboxylic acid groups (broad SMARTS) is 1. The molecule has 1 aliphatic rings. The van der Waals surface area contributed by atoms with E-state index in [0.29, 0.717) is 5.69 Å². The average molecular weight is 371 g/mol. The fourth-order valence-corrected chi connectivity index (χ4v) is 2.50. The summed E-state index contributed by atoms with van der Waals surface area (Å²) in [6.45, 7) is 0.480. The Bertz CT molecular complexity index is 660. The van der Waals surface area contributed by atoms with Crippen LogP contribution in [0.15, 0.2) is 22.8 Å². The summed E-state index contributed by atoms with van der Waals surface area (Å²) >= 11 is 3.22. The Morgan fingerprint density at radius 2 is 2.05 bits per heavy atom. The highest BCUT2D eigenvalue weighted by atomic mass is 79.9. The molecule has 0 radical (unpaired) electrons. The first-order valence-electron chi connectivity index (χ1n) is 6.42. The Balaban J connectivity index is 2.32. The third kappa shape index (κ3) is 2.64. The first kappa shape index (κ1) is 16.2. The van der Waals surface area contributed by atoms with Gasteiger partial charge in [-0.3, -0.25) is 9.78 Å². The second-order valence-electron chi connectivity index (χ2n) is 4.78. The predicted molar refractivity (Wildman–Crippen MR) is 76.2 cm³/mol. The van der Waals surface area contributed by atoms with E-state index in [1.54, 1.807) is 12.1 Å². The lowest BCUT2D eigenvalue weighted by Gasteiger charge is -2.23. The number of hydrogen-bond acceptors (Lipinski definition) is 5. The average Bonchev–Trinajstić information content (AvgIpc) is 2.64. The van der Waals surface area contributed by atoms with E-state index in [4.69, 9.17) is 5.11 Å². The SMILES string of the molecule is CC[N+]1(CC(=O)O)C(=O)C(=O)N(Cc2ccc(Br)cn2)C1=O. The summed E-state index contributed by atoms with van der Waals surface area (Å²) < 4.78 is -0.291. The molecule has 0 aliphatic carbocycles. The fraction of sp³-hybridized carbons (Fsp3) is 0.308. The van der Waals surface area contributed by atoms with E-state index < -0.39 is 34.8 Å². The summed E-state index contributed by atoms with van der Waals surface area (Å²) in [5.41, 5.74) is 0.420. The molecule has 0 saturated carbocycles. The van der Waals surface area contributed by atoms with Crippen molar-refractivity contribution in [1.82, 2.24) is 9.88 Å². The molecule has 2 rings (SSSR count). The Hall–Kier alpha value is -2.13. The Morgan fingerprint density at radius 1 is 1.36 bits per heavy atom. The maximum Gasteiger partial charge on any atom is 0.435 e. The van der Waals surface area contributed by atoms with Gasteiger partial charge in [0, 0.05) is 10.7 Å². The smallest absolute Gasteiger partial charge is 0.435 e. The number of amides is 4. The molecule has 116 valence electrons. The lowest BCUT2D eigenvalue weighted by Crippen LogP contribution is -2.56. The molecule has 9 heteroatoms. The molecule has 4 amide bonds. The van der Waals surface area contributed by atoms with Gasteiger partial charge >= 0.3 is 23.8 Å². The Kier molecular flexibility index (Phi) is 4.38. The highest BCUT2D eigenvalue weighted by Gasteiger charge is 2.61. The molecule has 1 aliphatic heterocycles. The number of carbonyl (C=O) groups excluding carboxylic acids is 3. The topological polar surface area (TPSA) is 105 Å². The van der Waals surface area contributed by atoms with Crippen LogP contribution in [0.1, 0.15) is 12.6 Å². The summed E-state index contributed by atoms with van der Waals surface area (Å²) in [6.07, 6.45) is 1.50. The maximum atomic E-state index is 12.4. The van der Waals surface area contributed by atoms with Crippen molar-refractivity contribution in [3.05, 3.63) is 28.5 Å². The standard InChI is InChI=1S/C13H12BrN3O5/c1-2-17(7-10(18)19)12(21)11(20)16(13(17)22)6-9-4-3-8(14)5-15-9/h3-5H,2,6-7H2,1H3/p+1. The van der Waals surface area contributed by atoms with Gasteiger partial charge in [0.2, 0.25) is 0 Å². The number of hydrogen-bond donors (Lipinski definition) is 1. The molecular weight excluding hydrogens is 358 g/mol. The molecule has 1 aromatic heterocycles. The molecular formula is C13H13BrN3O5+. The second-order valence-corrected chi connectivity index (χ2v) is 5.70. The van der Waals surface area contributed by atoms with Crippen molar-refractivity contribution in [2.24, 2.45) is 0 Å². The third-order valence-corrected chi connectivity index (χ3v) is 3.94. The van der Waals surface area contributed by atoms with Gasteiger partial charge in [-0.2, -0.15) is 4.48 Å². The van der Waals surface area contributed by atoms with Gasteiger partial charge in [-0.05, 0) is 35.0 Å². The summed E-state index contributed by atoms with van der Waals surface area (Å²) in [4.78, 5) is 52.4. The van der Waals surface area contributed by atoms with E-state index in [9.17, 15) is 19.2 Å². The fourth-order valence-electron chi connectivity index (χ4n) is 2.27. The molecule has 2 heterocycles. The molecule has 0 aromatic carbocycles. The van der Waals surface area contributed by atoms with Crippen molar-refractivity contribution in [2.75, 3.05) is 13.1 Å². The van der Waals surface area contributed by atoms with Crippen molar-refractivity contribution < 1.29 is 28.8 Å². The van der Waals surface area contributed by atoms with Crippen molar-refractivity contribution in [3.8, 4) is 0 Å². The summed E-state index contributed by atoms with van der Waals surface area (Å²) in [7, 11) is 0. The molecule has 1 aromatic rings. The molecule has 1 saturated heterocycles. The highest BCUT2D eigenvalue weighted by molar-refractivity contribution is 9.10. The van der Waals surface area contributed by atoms with Gasteiger partial charge < -0.3 is 5.11 Å². The third-order valence-electron chi connectivity index (χ3n) is 3.47. The number of carboxylic acids is 1. The minimum absolute atomic E-state index is 0.0972. The van der Waals surface area contributed by atoms with Crippen LogP contribution in [-0.4, -0.2) is 56.4 Å². The van der Waals surface area contributed by atoms with Gasteiger partial charge in [0.25, 0.3) is 0 Å². The molecule has 1 fully saturated rings. The number of pyridine rings is 1. The zero-order chi connectivity index (χ0) is 16.5. The van der Waals surface area contributed by atoms with Crippen LogP contribution < -0.4 is 0 Å². The van der Waals surface area contributed by atoms with Crippen LogP contribution >= 0.6 is 15.9 Å². The quantitative estimate of drug-likeness (QED) is 0.465. The first-order valence-corrected chi connectivity index (χ1v) is 7.21. The van der Waals surface area contributed by atoms with E-state index in [1.807, 2.05) is 0 Å². The second kappa shape index (κ2) is 5.93. The van der Waals surface area contributed by atoms with Crippen LogP contribution in [0.3, 0.4) is 0 Å². The molecule has 1 unspecified atom stereocenters. The summed E-state index contributed by atoms with van der Waals surface area (Å²) in [6, 6.07) is 2.46. The number of nitrogens with zero attached hydrogens (tertiary/aromatic N) is 3. The minimum Gasteiger partial charge on any atom is -0.477 e. The number of carbonyl (C=O) groups is 4. The number of aromatic nitrogens is 1. The molecule has 1 atom stereocenters. The minimum atomic E-state index is -1.32. The van der Waals surface area contributed by atoms with Crippen LogP contribution in [0.25, 0.3) is 0 Å². The van der Waals surface area contributed by atoms with Crippen molar-refractivity contribution in [1.29, 1.82) is 0 Å². The van der Waals surface area contributed by atoms with Crippen LogP contribution in [0.4, 0.5) is 4.79 Å². The Labute approximate surface area is 134 Å². The number of halogens is 1.